The summed E-state index contributed by atoms with van der Waals surface area (Å²) in [6, 6.07) is 20.5. The minimum absolute atomic E-state index is 0.00380. The van der Waals surface area contributed by atoms with E-state index in [4.69, 9.17) is 24.4 Å². The molecule has 4 rings (SSSR count). The van der Waals surface area contributed by atoms with Crippen molar-refractivity contribution in [2.45, 2.75) is 97.8 Å². The zero-order valence-corrected chi connectivity index (χ0v) is 31.6. The summed E-state index contributed by atoms with van der Waals surface area (Å²) in [7, 11) is -1.39. The van der Waals surface area contributed by atoms with Gasteiger partial charge < -0.3 is 24.4 Å². The zero-order valence-electron chi connectivity index (χ0n) is 30.6. The molecule has 2 saturated carbocycles. The van der Waals surface area contributed by atoms with Gasteiger partial charge in [-0.2, -0.15) is 0 Å². The molecule has 48 heavy (non-hydrogen) atoms. The summed E-state index contributed by atoms with van der Waals surface area (Å²) in [6.07, 6.45) is 4.16. The smallest absolute Gasteiger partial charge is 0.331 e. The molecule has 0 heterocycles. The lowest BCUT2D eigenvalue weighted by Crippen LogP contribution is -2.67. The monoisotopic (exact) mass is 677 g/mol. The fourth-order valence-corrected chi connectivity index (χ4v) is 13.5. The van der Waals surface area contributed by atoms with Gasteiger partial charge in [-0.05, 0) is 72.8 Å². The standard InChI is InChI=1S/C40H59NO6Si/c1-10-38(7)26-33(39(8)29(2)22-24-40(36(39)43,23-17-25-41)30(3)35(38)45-28-44-9)47-34(42)27-46-48(37(4,5)6,31-18-13-11-14-19-31)32-20-15-12-16-21-32/h10-16,18-21,29-30,33,35H,1,17,22-28,41H2,2-9H3/t29?,30-,33+,35-,38+,39-,40+/m0/s1. The Labute approximate surface area is 290 Å². The molecule has 2 fully saturated rings. The van der Waals surface area contributed by atoms with Crippen molar-refractivity contribution in [3.05, 3.63) is 73.3 Å². The SMILES string of the molecule is C=C[C@]1(C)C[C@@H](OC(=O)CO[Si](c2ccccc2)(c2ccccc2)C(C)(C)C)[C@@]2(C)C(=O)[C@](CCCN)(CCC2C)[C@@H](C)[C@@H]1OCOC. The van der Waals surface area contributed by atoms with Gasteiger partial charge in [0.15, 0.2) is 0 Å². The molecule has 8 heteroatoms. The van der Waals surface area contributed by atoms with Gasteiger partial charge in [-0.1, -0.05) is 108 Å². The number of esters is 1. The average Bonchev–Trinajstić information content (AvgIpc) is 3.07. The Balaban J connectivity index is 1.77. The van der Waals surface area contributed by atoms with E-state index in [0.717, 1.165) is 29.6 Å². The molecule has 7 nitrogen and oxygen atoms in total. The van der Waals surface area contributed by atoms with Crippen LogP contribution in [0.15, 0.2) is 73.3 Å². The first-order valence-corrected chi connectivity index (χ1v) is 19.5. The van der Waals surface area contributed by atoms with Crippen LogP contribution in [-0.4, -0.2) is 59.3 Å². The highest BCUT2D eigenvalue weighted by Gasteiger charge is 2.64. The van der Waals surface area contributed by atoms with E-state index in [0.29, 0.717) is 19.4 Å². The first-order valence-electron chi connectivity index (χ1n) is 17.6. The topological polar surface area (TPSA) is 97.1 Å². The highest BCUT2D eigenvalue weighted by molar-refractivity contribution is 6.99. The highest BCUT2D eigenvalue weighted by Crippen LogP contribution is 2.60. The lowest BCUT2D eigenvalue weighted by atomic mass is 9.46. The molecule has 0 spiro atoms. The second-order valence-electron chi connectivity index (χ2n) is 15.7. The number of carbonyl (C=O) groups is 2. The Bertz CT molecular complexity index is 1350. The fourth-order valence-electron chi connectivity index (χ4n) is 8.98. The molecular formula is C40H59NO6Si. The van der Waals surface area contributed by atoms with Gasteiger partial charge in [0.1, 0.15) is 25.3 Å². The summed E-state index contributed by atoms with van der Waals surface area (Å²) in [5.41, 5.74) is 3.84. The average molecular weight is 678 g/mol. The molecule has 0 amide bonds. The van der Waals surface area contributed by atoms with Crippen molar-refractivity contribution >= 4 is 30.4 Å². The van der Waals surface area contributed by atoms with Gasteiger partial charge in [0.25, 0.3) is 8.32 Å². The molecule has 0 radical (unpaired) electrons. The molecule has 2 aliphatic rings. The number of Topliss-reactive ketones (excluding diaryl/α,β-unsaturated/α-hetero) is 1. The van der Waals surface area contributed by atoms with Crippen molar-refractivity contribution in [3.8, 4) is 0 Å². The van der Waals surface area contributed by atoms with Gasteiger partial charge in [-0.25, -0.2) is 4.79 Å². The highest BCUT2D eigenvalue weighted by atomic mass is 28.4. The summed E-state index contributed by atoms with van der Waals surface area (Å²) in [4.78, 5) is 29.3. The normalized spacial score (nSPS) is 31.1. The molecule has 1 unspecified atom stereocenters. The van der Waals surface area contributed by atoms with E-state index in [1.165, 1.54) is 0 Å². The predicted octanol–water partition coefficient (Wildman–Crippen LogP) is 6.43. The van der Waals surface area contributed by atoms with Crippen molar-refractivity contribution in [1.82, 2.24) is 0 Å². The number of methoxy groups -OCH3 is 1. The fraction of sp³-hybridized carbons (Fsp3) is 0.600. The van der Waals surface area contributed by atoms with Crippen molar-refractivity contribution in [1.29, 1.82) is 0 Å². The van der Waals surface area contributed by atoms with Gasteiger partial charge in [0.05, 0.1) is 11.5 Å². The minimum Gasteiger partial charge on any atom is -0.460 e. The van der Waals surface area contributed by atoms with Crippen LogP contribution in [0.3, 0.4) is 0 Å². The molecule has 0 aromatic heterocycles. The molecule has 2 aromatic rings. The maximum absolute atomic E-state index is 15.1. The van der Waals surface area contributed by atoms with E-state index in [1.54, 1.807) is 7.11 Å². The van der Waals surface area contributed by atoms with Crippen molar-refractivity contribution in [2.24, 2.45) is 33.8 Å². The Morgan fingerprint density at radius 3 is 2.12 bits per heavy atom. The maximum atomic E-state index is 15.1. The molecule has 0 aliphatic heterocycles. The number of rotatable bonds is 13. The third-order valence-corrected chi connectivity index (χ3v) is 17.0. The number of carbonyl (C=O) groups excluding carboxylic acids is 2. The van der Waals surface area contributed by atoms with Gasteiger partial charge in [0.2, 0.25) is 0 Å². The van der Waals surface area contributed by atoms with Gasteiger partial charge in [0, 0.05) is 17.9 Å². The maximum Gasteiger partial charge on any atom is 0.331 e. The second kappa shape index (κ2) is 15.1. The number of ether oxygens (including phenoxy) is 3. The molecule has 2 aliphatic carbocycles. The quantitative estimate of drug-likeness (QED) is 0.113. The van der Waals surface area contributed by atoms with Crippen LogP contribution < -0.4 is 16.1 Å². The Hall–Kier alpha value is -2.62. The predicted molar refractivity (Wildman–Crippen MR) is 195 cm³/mol. The lowest BCUT2D eigenvalue weighted by Gasteiger charge is -2.59. The van der Waals surface area contributed by atoms with E-state index in [1.807, 2.05) is 49.4 Å². The van der Waals surface area contributed by atoms with Gasteiger partial charge in [-0.15, -0.1) is 6.58 Å². The van der Waals surface area contributed by atoms with Crippen LogP contribution in [0.5, 0.6) is 0 Å². The van der Waals surface area contributed by atoms with E-state index in [2.05, 4.69) is 72.4 Å². The zero-order chi connectivity index (χ0) is 35.4. The first-order chi connectivity index (χ1) is 22.7. The molecule has 7 atom stereocenters. The number of benzene rings is 2. The molecule has 2 N–H and O–H groups in total. The summed E-state index contributed by atoms with van der Waals surface area (Å²) in [6.45, 7) is 19.5. The van der Waals surface area contributed by atoms with Crippen LogP contribution >= 0.6 is 0 Å². The first kappa shape index (κ1) is 38.2. The molecule has 0 saturated heterocycles. The Morgan fingerprint density at radius 1 is 1.04 bits per heavy atom. The third-order valence-electron chi connectivity index (χ3n) is 12.0. The van der Waals surface area contributed by atoms with Crippen molar-refractivity contribution in [3.63, 3.8) is 0 Å². The summed E-state index contributed by atoms with van der Waals surface area (Å²) in [5, 5.41) is 1.87. The number of hydrogen-bond donors (Lipinski definition) is 1. The number of ketones is 1. The van der Waals surface area contributed by atoms with Gasteiger partial charge >= 0.3 is 5.97 Å². The third kappa shape index (κ3) is 6.76. The van der Waals surface area contributed by atoms with Crippen LogP contribution in [0.25, 0.3) is 0 Å². The van der Waals surface area contributed by atoms with Crippen LogP contribution in [0.2, 0.25) is 5.04 Å². The minimum atomic E-state index is -2.99. The molecule has 2 bridgehead atoms. The lowest BCUT2D eigenvalue weighted by molar-refractivity contribution is -0.206. The summed E-state index contributed by atoms with van der Waals surface area (Å²) in [5.74, 6) is -0.444. The van der Waals surface area contributed by atoms with Crippen molar-refractivity contribution in [2.75, 3.05) is 27.1 Å². The van der Waals surface area contributed by atoms with E-state index >= 15 is 4.79 Å². The largest absolute Gasteiger partial charge is 0.460 e. The molecular weight excluding hydrogens is 619 g/mol. The number of fused-ring (bicyclic) bond motifs is 2. The van der Waals surface area contributed by atoms with Gasteiger partial charge in [-0.3, -0.25) is 4.79 Å². The van der Waals surface area contributed by atoms with Crippen LogP contribution in [0, 0.1) is 28.1 Å². The Morgan fingerprint density at radius 2 is 1.62 bits per heavy atom. The summed E-state index contributed by atoms with van der Waals surface area (Å²) < 4.78 is 25.3. The second-order valence-corrected chi connectivity index (χ2v) is 20.0. The van der Waals surface area contributed by atoms with E-state index in [-0.39, 0.29) is 42.2 Å². The van der Waals surface area contributed by atoms with Crippen LogP contribution in [-0.2, 0) is 28.2 Å². The number of hydrogen-bond acceptors (Lipinski definition) is 7. The van der Waals surface area contributed by atoms with Crippen molar-refractivity contribution < 1.29 is 28.2 Å². The summed E-state index contributed by atoms with van der Waals surface area (Å²) >= 11 is 0. The van der Waals surface area contributed by atoms with E-state index < -0.39 is 36.6 Å². The van der Waals surface area contributed by atoms with E-state index in [9.17, 15) is 4.79 Å². The molecule has 2 aromatic carbocycles. The Kier molecular flexibility index (Phi) is 12.0. The number of nitrogens with two attached hydrogens (primary N) is 1. The van der Waals surface area contributed by atoms with Crippen LogP contribution in [0.1, 0.15) is 80.6 Å². The van der Waals surface area contributed by atoms with Crippen LogP contribution in [0.4, 0.5) is 0 Å². The molecule has 264 valence electrons.